The quantitative estimate of drug-likeness (QED) is 0.585. The molecule has 0 spiro atoms. The molecule has 3 nitrogen and oxygen atoms in total. The van der Waals surface area contributed by atoms with Crippen molar-refractivity contribution < 1.29 is 4.74 Å². The van der Waals surface area contributed by atoms with Crippen molar-refractivity contribution in [3.8, 4) is 5.75 Å². The topological polar surface area (TPSA) is 59.1 Å². The van der Waals surface area contributed by atoms with Crippen LogP contribution in [0.1, 0.15) is 30.4 Å². The zero-order chi connectivity index (χ0) is 10.8. The van der Waals surface area contributed by atoms with Gasteiger partial charge >= 0.3 is 0 Å². The minimum Gasteiger partial charge on any atom is -0.490 e. The molecule has 0 heterocycles. The van der Waals surface area contributed by atoms with Crippen molar-refractivity contribution >= 4 is 5.84 Å². The van der Waals surface area contributed by atoms with E-state index in [2.05, 4.69) is 0 Å². The summed E-state index contributed by atoms with van der Waals surface area (Å²) in [5, 5.41) is 7.37. The Hall–Kier alpha value is -1.51. The molecule has 0 saturated heterocycles. The summed E-state index contributed by atoms with van der Waals surface area (Å²) in [4.78, 5) is 0. The molecule has 2 rings (SSSR count). The molecule has 1 saturated carbocycles. The van der Waals surface area contributed by atoms with E-state index in [1.807, 2.05) is 25.1 Å². The molecule has 1 aromatic carbocycles. The van der Waals surface area contributed by atoms with Gasteiger partial charge in [-0.05, 0) is 49.9 Å². The normalized spacial score (nSPS) is 15.8. The molecule has 0 amide bonds. The number of nitrogens with one attached hydrogen (secondary N) is 1. The van der Waals surface area contributed by atoms with E-state index < -0.39 is 0 Å². The van der Waals surface area contributed by atoms with Crippen LogP contribution >= 0.6 is 0 Å². The fourth-order valence-corrected chi connectivity index (χ4v) is 1.69. The van der Waals surface area contributed by atoms with E-state index in [9.17, 15) is 0 Å². The lowest BCUT2D eigenvalue weighted by atomic mass is 9.96. The van der Waals surface area contributed by atoms with Crippen molar-refractivity contribution in [2.75, 3.05) is 0 Å². The minimum absolute atomic E-state index is 0.114. The van der Waals surface area contributed by atoms with Crippen molar-refractivity contribution in [3.05, 3.63) is 29.3 Å². The second-order valence-corrected chi connectivity index (χ2v) is 4.06. The third kappa shape index (κ3) is 2.12. The van der Waals surface area contributed by atoms with Gasteiger partial charge in [0.25, 0.3) is 0 Å². The maximum Gasteiger partial charge on any atom is 0.123 e. The van der Waals surface area contributed by atoms with Gasteiger partial charge < -0.3 is 10.5 Å². The number of hydrogen-bond acceptors (Lipinski definition) is 2. The van der Waals surface area contributed by atoms with Crippen molar-refractivity contribution in [2.24, 2.45) is 5.73 Å². The molecule has 15 heavy (non-hydrogen) atoms. The maximum atomic E-state index is 7.37. The first-order valence-corrected chi connectivity index (χ1v) is 5.28. The van der Waals surface area contributed by atoms with Gasteiger partial charge in [0.05, 0.1) is 6.10 Å². The smallest absolute Gasteiger partial charge is 0.123 e. The molecule has 80 valence electrons. The van der Waals surface area contributed by atoms with E-state index in [-0.39, 0.29) is 5.84 Å². The Kier molecular flexibility index (Phi) is 2.62. The Bertz CT molecular complexity index is 383. The SMILES string of the molecule is Cc1cc(OC2CCC2)ccc1C(=N)N. The van der Waals surface area contributed by atoms with E-state index in [0.717, 1.165) is 29.7 Å². The molecule has 0 atom stereocenters. The first-order chi connectivity index (χ1) is 7.16. The lowest BCUT2D eigenvalue weighted by Crippen LogP contribution is -2.24. The summed E-state index contributed by atoms with van der Waals surface area (Å²) >= 11 is 0. The summed E-state index contributed by atoms with van der Waals surface area (Å²) in [6.45, 7) is 1.95. The highest BCUT2D eigenvalue weighted by atomic mass is 16.5. The molecule has 0 bridgehead atoms. The molecular weight excluding hydrogens is 188 g/mol. The van der Waals surface area contributed by atoms with Gasteiger partial charge in [-0.1, -0.05) is 0 Å². The maximum absolute atomic E-state index is 7.37. The predicted octanol–water partition coefficient (Wildman–Crippen LogP) is 2.21. The molecule has 3 heteroatoms. The summed E-state index contributed by atoms with van der Waals surface area (Å²) < 4.78 is 5.75. The van der Waals surface area contributed by atoms with E-state index in [1.54, 1.807) is 0 Å². The highest BCUT2D eigenvalue weighted by molar-refractivity contribution is 5.96. The number of aryl methyl sites for hydroxylation is 1. The summed E-state index contributed by atoms with van der Waals surface area (Å²) in [7, 11) is 0. The van der Waals surface area contributed by atoms with Gasteiger partial charge in [0.2, 0.25) is 0 Å². The van der Waals surface area contributed by atoms with Crippen LogP contribution in [0.3, 0.4) is 0 Å². The molecule has 1 fully saturated rings. The van der Waals surface area contributed by atoms with E-state index in [4.69, 9.17) is 15.9 Å². The van der Waals surface area contributed by atoms with Gasteiger partial charge in [-0.2, -0.15) is 0 Å². The van der Waals surface area contributed by atoms with Crippen LogP contribution in [-0.4, -0.2) is 11.9 Å². The van der Waals surface area contributed by atoms with Crippen molar-refractivity contribution in [3.63, 3.8) is 0 Å². The molecule has 0 unspecified atom stereocenters. The van der Waals surface area contributed by atoms with Gasteiger partial charge in [0.1, 0.15) is 11.6 Å². The lowest BCUT2D eigenvalue weighted by Gasteiger charge is -2.26. The van der Waals surface area contributed by atoms with Crippen LogP contribution in [0.2, 0.25) is 0 Å². The van der Waals surface area contributed by atoms with Crippen LogP contribution in [0, 0.1) is 12.3 Å². The molecule has 1 aliphatic carbocycles. The van der Waals surface area contributed by atoms with Gasteiger partial charge in [0, 0.05) is 5.56 Å². The Morgan fingerprint density at radius 3 is 2.67 bits per heavy atom. The standard InChI is InChI=1S/C12H16N2O/c1-8-7-10(15-9-3-2-4-9)5-6-11(8)12(13)14/h5-7,9H,2-4H2,1H3,(H3,13,14). The lowest BCUT2D eigenvalue weighted by molar-refractivity contribution is 0.120. The monoisotopic (exact) mass is 204 g/mol. The van der Waals surface area contributed by atoms with E-state index >= 15 is 0 Å². The van der Waals surface area contributed by atoms with Crippen LogP contribution in [0.15, 0.2) is 18.2 Å². The summed E-state index contributed by atoms with van der Waals surface area (Å²) in [5.41, 5.74) is 7.23. The van der Waals surface area contributed by atoms with Crippen molar-refractivity contribution in [1.82, 2.24) is 0 Å². The molecule has 0 aromatic heterocycles. The van der Waals surface area contributed by atoms with Gasteiger partial charge in [0.15, 0.2) is 0 Å². The van der Waals surface area contributed by atoms with Gasteiger partial charge in [-0.15, -0.1) is 0 Å². The number of nitrogens with two attached hydrogens (primary N) is 1. The van der Waals surface area contributed by atoms with Crippen LogP contribution in [0.4, 0.5) is 0 Å². The highest BCUT2D eigenvalue weighted by Gasteiger charge is 2.19. The second-order valence-electron chi connectivity index (χ2n) is 4.06. The van der Waals surface area contributed by atoms with Crippen LogP contribution < -0.4 is 10.5 Å². The largest absolute Gasteiger partial charge is 0.490 e. The Balaban J connectivity index is 2.13. The first-order valence-electron chi connectivity index (χ1n) is 5.28. The fourth-order valence-electron chi connectivity index (χ4n) is 1.69. The number of ether oxygens (including phenoxy) is 1. The van der Waals surface area contributed by atoms with E-state index in [1.165, 1.54) is 6.42 Å². The van der Waals surface area contributed by atoms with Crippen LogP contribution in [0.25, 0.3) is 0 Å². The number of nitrogen functional groups attached to an aromatic ring is 1. The molecule has 3 N–H and O–H groups in total. The minimum atomic E-state index is 0.114. The average Bonchev–Trinajstić information content (AvgIpc) is 2.11. The van der Waals surface area contributed by atoms with Gasteiger partial charge in [-0.3, -0.25) is 5.41 Å². The summed E-state index contributed by atoms with van der Waals surface area (Å²) in [6.07, 6.45) is 3.99. The number of rotatable bonds is 3. The molecule has 1 aromatic rings. The Labute approximate surface area is 89.8 Å². The van der Waals surface area contributed by atoms with Gasteiger partial charge in [-0.25, -0.2) is 0 Å². The number of amidine groups is 1. The summed E-state index contributed by atoms with van der Waals surface area (Å²) in [5.74, 6) is 1.00. The molecule has 0 radical (unpaired) electrons. The predicted molar refractivity (Wildman–Crippen MR) is 60.5 cm³/mol. The van der Waals surface area contributed by atoms with Crippen LogP contribution in [0.5, 0.6) is 5.75 Å². The van der Waals surface area contributed by atoms with Crippen LogP contribution in [-0.2, 0) is 0 Å². The molecule has 1 aliphatic rings. The van der Waals surface area contributed by atoms with Crippen molar-refractivity contribution in [2.45, 2.75) is 32.3 Å². The average molecular weight is 204 g/mol. The molecular formula is C12H16N2O. The number of hydrogen-bond donors (Lipinski definition) is 2. The highest BCUT2D eigenvalue weighted by Crippen LogP contribution is 2.26. The second kappa shape index (κ2) is 3.93. The first kappa shape index (κ1) is 10.0. The third-order valence-corrected chi connectivity index (χ3v) is 2.84. The zero-order valence-corrected chi connectivity index (χ0v) is 8.92. The van der Waals surface area contributed by atoms with E-state index in [0.29, 0.717) is 6.10 Å². The number of benzene rings is 1. The Morgan fingerprint density at radius 2 is 2.20 bits per heavy atom. The molecule has 0 aliphatic heterocycles. The Morgan fingerprint density at radius 1 is 1.47 bits per heavy atom. The zero-order valence-electron chi connectivity index (χ0n) is 8.92. The summed E-state index contributed by atoms with van der Waals surface area (Å²) in [6, 6.07) is 5.70. The fraction of sp³-hybridized carbons (Fsp3) is 0.417. The third-order valence-electron chi connectivity index (χ3n) is 2.84. The van der Waals surface area contributed by atoms with Crippen molar-refractivity contribution in [1.29, 1.82) is 5.41 Å².